The van der Waals surface area contributed by atoms with E-state index in [0.717, 1.165) is 12.8 Å². The summed E-state index contributed by atoms with van der Waals surface area (Å²) in [5, 5.41) is 8.94. The minimum Gasteiger partial charge on any atom is -0.343 e. The topological polar surface area (TPSA) is 81.5 Å². The smallest absolute Gasteiger partial charge is 0.243 e. The van der Waals surface area contributed by atoms with Crippen molar-refractivity contribution >= 4 is 15.9 Å². The number of likely N-dealkylation sites (tertiary alicyclic amines) is 1. The Balaban J connectivity index is 1.50. The lowest BCUT2D eigenvalue weighted by Gasteiger charge is -2.33. The lowest BCUT2D eigenvalue weighted by atomic mass is 9.93. The Labute approximate surface area is 155 Å². The van der Waals surface area contributed by atoms with E-state index in [1.807, 2.05) is 4.90 Å². The van der Waals surface area contributed by atoms with Crippen LogP contribution in [0.3, 0.4) is 0 Å². The van der Waals surface area contributed by atoms with Crippen molar-refractivity contribution in [2.24, 2.45) is 11.8 Å². The van der Waals surface area contributed by atoms with Gasteiger partial charge in [-0.3, -0.25) is 4.79 Å². The third-order valence-corrected chi connectivity index (χ3v) is 7.36. The fraction of sp³-hybridized carbons (Fsp3) is 0.579. The van der Waals surface area contributed by atoms with Crippen LogP contribution in [0.1, 0.15) is 32.1 Å². The van der Waals surface area contributed by atoms with Crippen molar-refractivity contribution in [3.8, 4) is 6.07 Å². The molecule has 6 nitrogen and oxygen atoms in total. The molecular weight excluding hydrogens is 350 g/mol. The average Bonchev–Trinajstić information content (AvgIpc) is 2.69. The Bertz CT molecular complexity index is 757. The fourth-order valence-electron chi connectivity index (χ4n) is 3.73. The second kappa shape index (κ2) is 8.19. The molecule has 26 heavy (non-hydrogen) atoms. The number of benzene rings is 1. The first-order valence-corrected chi connectivity index (χ1v) is 10.7. The standard InChI is InChI=1S/C19H25N3O3S/c20-15-17-6-10-21(11-7-17)19(23)14-16-8-12-22(13-9-16)26(24,25)18-4-2-1-3-5-18/h1-5,16-17H,6-14H2. The van der Waals surface area contributed by atoms with Gasteiger partial charge in [0.2, 0.25) is 15.9 Å². The highest BCUT2D eigenvalue weighted by molar-refractivity contribution is 7.89. The van der Waals surface area contributed by atoms with Crippen LogP contribution >= 0.6 is 0 Å². The van der Waals surface area contributed by atoms with Crippen molar-refractivity contribution < 1.29 is 13.2 Å². The van der Waals surface area contributed by atoms with Crippen LogP contribution in [0.15, 0.2) is 35.2 Å². The normalized spacial score (nSPS) is 20.7. The van der Waals surface area contributed by atoms with Crippen molar-refractivity contribution in [1.29, 1.82) is 5.26 Å². The molecule has 0 N–H and O–H groups in total. The monoisotopic (exact) mass is 375 g/mol. The zero-order valence-electron chi connectivity index (χ0n) is 14.9. The van der Waals surface area contributed by atoms with E-state index >= 15 is 0 Å². The highest BCUT2D eigenvalue weighted by Crippen LogP contribution is 2.27. The maximum absolute atomic E-state index is 12.6. The molecule has 2 aliphatic heterocycles. The summed E-state index contributed by atoms with van der Waals surface area (Å²) in [6.45, 7) is 2.26. The first-order valence-electron chi connectivity index (χ1n) is 9.23. The van der Waals surface area contributed by atoms with Crippen LogP contribution in [0, 0.1) is 23.2 Å². The second-order valence-corrected chi connectivity index (χ2v) is 9.09. The predicted molar refractivity (Wildman–Crippen MR) is 97.5 cm³/mol. The maximum atomic E-state index is 12.6. The number of carbonyl (C=O) groups is 1. The molecule has 140 valence electrons. The number of piperidine rings is 2. The van der Waals surface area contributed by atoms with E-state index < -0.39 is 10.0 Å². The molecule has 2 aliphatic rings. The zero-order chi connectivity index (χ0) is 18.6. The van der Waals surface area contributed by atoms with Gasteiger partial charge in [-0.1, -0.05) is 18.2 Å². The Morgan fingerprint density at radius 3 is 2.23 bits per heavy atom. The number of carbonyl (C=O) groups excluding carboxylic acids is 1. The lowest BCUT2D eigenvalue weighted by molar-refractivity contribution is -0.133. The van der Waals surface area contributed by atoms with Gasteiger partial charge in [-0.2, -0.15) is 9.57 Å². The van der Waals surface area contributed by atoms with Gasteiger partial charge in [-0.25, -0.2) is 8.42 Å². The molecule has 0 aliphatic carbocycles. The highest BCUT2D eigenvalue weighted by atomic mass is 32.2. The Hall–Kier alpha value is -1.91. The fourth-order valence-corrected chi connectivity index (χ4v) is 5.22. The predicted octanol–water partition coefficient (Wildman–Crippen LogP) is 2.24. The van der Waals surface area contributed by atoms with Gasteiger partial charge >= 0.3 is 0 Å². The van der Waals surface area contributed by atoms with Gasteiger partial charge in [-0.05, 0) is 43.7 Å². The van der Waals surface area contributed by atoms with Gasteiger partial charge in [0.05, 0.1) is 11.0 Å². The molecule has 0 unspecified atom stereocenters. The van der Waals surface area contributed by atoms with E-state index in [-0.39, 0.29) is 17.7 Å². The molecule has 0 aromatic heterocycles. The summed E-state index contributed by atoms with van der Waals surface area (Å²) in [6, 6.07) is 10.8. The lowest BCUT2D eigenvalue weighted by Crippen LogP contribution is -2.42. The van der Waals surface area contributed by atoms with Gasteiger partial charge in [-0.15, -0.1) is 0 Å². The van der Waals surface area contributed by atoms with E-state index in [0.29, 0.717) is 50.3 Å². The molecule has 0 radical (unpaired) electrons. The Morgan fingerprint density at radius 1 is 1.04 bits per heavy atom. The van der Waals surface area contributed by atoms with Crippen molar-refractivity contribution in [2.75, 3.05) is 26.2 Å². The molecule has 2 fully saturated rings. The molecule has 0 bridgehead atoms. The largest absolute Gasteiger partial charge is 0.343 e. The Morgan fingerprint density at radius 2 is 1.65 bits per heavy atom. The quantitative estimate of drug-likeness (QED) is 0.808. The number of hydrogen-bond acceptors (Lipinski definition) is 4. The minimum absolute atomic E-state index is 0.0745. The molecular formula is C19H25N3O3S. The summed E-state index contributed by atoms with van der Waals surface area (Å²) in [7, 11) is -3.44. The number of nitriles is 1. The summed E-state index contributed by atoms with van der Waals surface area (Å²) in [5.41, 5.74) is 0. The van der Waals surface area contributed by atoms with Crippen molar-refractivity contribution in [3.63, 3.8) is 0 Å². The Kier molecular flexibility index (Phi) is 5.94. The number of sulfonamides is 1. The molecule has 2 heterocycles. The number of hydrogen-bond donors (Lipinski definition) is 0. The zero-order valence-corrected chi connectivity index (χ0v) is 15.7. The van der Waals surface area contributed by atoms with E-state index in [4.69, 9.17) is 5.26 Å². The summed E-state index contributed by atoms with van der Waals surface area (Å²) in [4.78, 5) is 14.7. The number of nitrogens with zero attached hydrogens (tertiary/aromatic N) is 3. The van der Waals surface area contributed by atoms with Crippen LogP contribution in [-0.4, -0.2) is 49.7 Å². The van der Waals surface area contributed by atoms with Gasteiger partial charge in [0.15, 0.2) is 0 Å². The van der Waals surface area contributed by atoms with Gasteiger partial charge < -0.3 is 4.90 Å². The highest BCUT2D eigenvalue weighted by Gasteiger charge is 2.31. The maximum Gasteiger partial charge on any atom is 0.243 e. The molecule has 3 rings (SSSR count). The molecule has 7 heteroatoms. The van der Waals surface area contributed by atoms with E-state index in [1.54, 1.807) is 30.3 Å². The van der Waals surface area contributed by atoms with E-state index in [2.05, 4.69) is 6.07 Å². The molecule has 0 atom stereocenters. The average molecular weight is 375 g/mol. The van der Waals surface area contributed by atoms with Crippen LogP contribution in [0.2, 0.25) is 0 Å². The van der Waals surface area contributed by atoms with Crippen LogP contribution in [0.4, 0.5) is 0 Å². The van der Waals surface area contributed by atoms with Crippen LogP contribution < -0.4 is 0 Å². The summed E-state index contributed by atoms with van der Waals surface area (Å²) in [6.07, 6.45) is 3.43. The number of rotatable bonds is 4. The van der Waals surface area contributed by atoms with Crippen LogP contribution in [-0.2, 0) is 14.8 Å². The van der Waals surface area contributed by atoms with E-state index in [9.17, 15) is 13.2 Å². The molecule has 1 aromatic carbocycles. The van der Waals surface area contributed by atoms with E-state index in [1.165, 1.54) is 4.31 Å². The number of amides is 1. The second-order valence-electron chi connectivity index (χ2n) is 7.15. The summed E-state index contributed by atoms with van der Waals surface area (Å²) >= 11 is 0. The summed E-state index contributed by atoms with van der Waals surface area (Å²) in [5.74, 6) is 0.453. The van der Waals surface area contributed by atoms with Gasteiger partial charge in [0.1, 0.15) is 0 Å². The van der Waals surface area contributed by atoms with Crippen LogP contribution in [0.5, 0.6) is 0 Å². The third-order valence-electron chi connectivity index (χ3n) is 5.45. The van der Waals surface area contributed by atoms with Crippen molar-refractivity contribution in [1.82, 2.24) is 9.21 Å². The summed E-state index contributed by atoms with van der Waals surface area (Å²) < 4.78 is 26.8. The third kappa shape index (κ3) is 4.25. The SMILES string of the molecule is N#CC1CCN(C(=O)CC2CCN(S(=O)(=O)c3ccccc3)CC2)CC1. The van der Waals surface area contributed by atoms with Crippen LogP contribution in [0.25, 0.3) is 0 Å². The van der Waals surface area contributed by atoms with Gasteiger partial charge in [0.25, 0.3) is 0 Å². The first kappa shape index (κ1) is 18.9. The molecule has 0 saturated carbocycles. The van der Waals surface area contributed by atoms with Crippen molar-refractivity contribution in [2.45, 2.75) is 37.0 Å². The van der Waals surface area contributed by atoms with Crippen molar-refractivity contribution in [3.05, 3.63) is 30.3 Å². The minimum atomic E-state index is -3.44. The molecule has 1 aromatic rings. The molecule has 0 spiro atoms. The van der Waals surface area contributed by atoms with Gasteiger partial charge in [0, 0.05) is 38.5 Å². The molecule has 1 amide bonds. The first-order chi connectivity index (χ1) is 12.5. The molecule has 2 saturated heterocycles.